The van der Waals surface area contributed by atoms with Gasteiger partial charge in [-0.2, -0.15) is 11.8 Å². The zero-order valence-corrected chi connectivity index (χ0v) is 12.3. The molecule has 3 rings (SSSR count). The monoisotopic (exact) mass is 298 g/mol. The van der Waals surface area contributed by atoms with Gasteiger partial charge in [-0.05, 0) is 37.7 Å². The van der Waals surface area contributed by atoms with Gasteiger partial charge >= 0.3 is 0 Å². The molecule has 1 saturated carbocycles. The van der Waals surface area contributed by atoms with E-state index < -0.39 is 0 Å². The Labute approximate surface area is 121 Å². The first-order valence-electron chi connectivity index (χ1n) is 6.48. The number of rotatable bonds is 3. The van der Waals surface area contributed by atoms with Gasteiger partial charge in [-0.25, -0.2) is 9.37 Å². The first kappa shape index (κ1) is 13.3. The van der Waals surface area contributed by atoms with E-state index in [1.54, 1.807) is 6.07 Å². The van der Waals surface area contributed by atoms with E-state index in [9.17, 15) is 4.39 Å². The summed E-state index contributed by atoms with van der Waals surface area (Å²) in [6, 6.07) is 5.54. The lowest BCUT2D eigenvalue weighted by Crippen LogP contribution is -2.09. The van der Waals surface area contributed by atoms with Crippen LogP contribution in [0.5, 0.6) is 0 Å². The number of benzene rings is 1. The third-order valence-corrected chi connectivity index (χ3v) is 5.25. The van der Waals surface area contributed by atoms with E-state index in [1.807, 2.05) is 17.8 Å². The van der Waals surface area contributed by atoms with Gasteiger partial charge in [-0.15, -0.1) is 11.6 Å². The molecule has 1 fully saturated rings. The molecule has 0 radical (unpaired) electrons. The number of nitrogens with zero attached hydrogens (tertiary/aromatic N) is 2. The lowest BCUT2D eigenvalue weighted by atomic mass is 10.2. The van der Waals surface area contributed by atoms with E-state index >= 15 is 0 Å². The Balaban J connectivity index is 2.09. The van der Waals surface area contributed by atoms with Gasteiger partial charge in [0.1, 0.15) is 11.3 Å². The summed E-state index contributed by atoms with van der Waals surface area (Å²) in [4.78, 5) is 4.38. The van der Waals surface area contributed by atoms with Crippen LogP contribution < -0.4 is 0 Å². The van der Waals surface area contributed by atoms with Gasteiger partial charge in [0, 0.05) is 11.3 Å². The third-order valence-electron chi connectivity index (χ3n) is 3.92. The molecule has 0 bridgehead atoms. The van der Waals surface area contributed by atoms with Gasteiger partial charge in [0.05, 0.1) is 11.4 Å². The Morgan fingerprint density at radius 2 is 2.32 bits per heavy atom. The molecule has 0 saturated heterocycles. The topological polar surface area (TPSA) is 17.8 Å². The van der Waals surface area contributed by atoms with Crippen molar-refractivity contribution < 1.29 is 4.39 Å². The van der Waals surface area contributed by atoms with Crippen molar-refractivity contribution in [1.29, 1.82) is 0 Å². The molecular weight excluding hydrogens is 283 g/mol. The summed E-state index contributed by atoms with van der Waals surface area (Å²) in [5.74, 6) is 0.852. The van der Waals surface area contributed by atoms with E-state index in [4.69, 9.17) is 11.6 Å². The Morgan fingerprint density at radius 3 is 3.00 bits per heavy atom. The summed E-state index contributed by atoms with van der Waals surface area (Å²) < 4.78 is 16.0. The lowest BCUT2D eigenvalue weighted by molar-refractivity contribution is 0.519. The molecule has 1 heterocycles. The molecule has 2 nitrogen and oxygen atoms in total. The highest BCUT2D eigenvalue weighted by atomic mass is 35.5. The second-order valence-electron chi connectivity index (χ2n) is 4.96. The molecule has 2 aromatic rings. The minimum Gasteiger partial charge on any atom is -0.324 e. The van der Waals surface area contributed by atoms with E-state index in [2.05, 4.69) is 15.8 Å². The molecule has 5 heteroatoms. The molecule has 0 amide bonds. The number of thioether (sulfide) groups is 1. The van der Waals surface area contributed by atoms with E-state index in [0.29, 0.717) is 22.7 Å². The van der Waals surface area contributed by atoms with Gasteiger partial charge in [-0.3, -0.25) is 0 Å². The van der Waals surface area contributed by atoms with Crippen molar-refractivity contribution in [3.05, 3.63) is 29.8 Å². The molecule has 0 N–H and O–H groups in total. The van der Waals surface area contributed by atoms with Gasteiger partial charge in [0.25, 0.3) is 0 Å². The SMILES string of the molecule is CSC1CCC(n2c(CCl)nc3c(F)cccc32)C1. The Morgan fingerprint density at radius 1 is 1.47 bits per heavy atom. The predicted octanol–water partition coefficient (Wildman–Crippen LogP) is 4.37. The maximum absolute atomic E-state index is 13.8. The normalized spacial score (nSPS) is 23.3. The van der Waals surface area contributed by atoms with Crippen molar-refractivity contribution in [2.75, 3.05) is 6.26 Å². The number of halogens is 2. The van der Waals surface area contributed by atoms with E-state index in [-0.39, 0.29) is 5.82 Å². The molecule has 1 aliphatic carbocycles. The summed E-state index contributed by atoms with van der Waals surface area (Å²) in [7, 11) is 0. The zero-order chi connectivity index (χ0) is 13.4. The lowest BCUT2D eigenvalue weighted by Gasteiger charge is -2.16. The molecule has 0 aliphatic heterocycles. The third kappa shape index (κ3) is 2.25. The summed E-state index contributed by atoms with van der Waals surface area (Å²) in [6.45, 7) is 0. The minimum atomic E-state index is -0.262. The van der Waals surface area contributed by atoms with Crippen LogP contribution in [-0.4, -0.2) is 21.1 Å². The average molecular weight is 299 g/mol. The predicted molar refractivity (Wildman–Crippen MR) is 79.4 cm³/mol. The molecular formula is C14H16ClFN2S. The van der Waals surface area contributed by atoms with Gasteiger partial charge in [-0.1, -0.05) is 6.07 Å². The Hall–Kier alpha value is -0.740. The number of para-hydroxylation sites is 1. The van der Waals surface area contributed by atoms with Gasteiger partial charge < -0.3 is 4.57 Å². The second-order valence-corrected chi connectivity index (χ2v) is 6.37. The van der Waals surface area contributed by atoms with Crippen molar-refractivity contribution in [3.8, 4) is 0 Å². The highest BCUT2D eigenvalue weighted by Crippen LogP contribution is 2.39. The number of fused-ring (bicyclic) bond motifs is 1. The highest BCUT2D eigenvalue weighted by molar-refractivity contribution is 7.99. The quantitative estimate of drug-likeness (QED) is 0.783. The maximum Gasteiger partial charge on any atom is 0.151 e. The number of hydrogen-bond acceptors (Lipinski definition) is 2. The molecule has 2 unspecified atom stereocenters. The number of alkyl halides is 1. The fraction of sp³-hybridized carbons (Fsp3) is 0.500. The summed E-state index contributed by atoms with van der Waals surface area (Å²) >= 11 is 7.91. The smallest absolute Gasteiger partial charge is 0.151 e. The largest absolute Gasteiger partial charge is 0.324 e. The van der Waals surface area contributed by atoms with Crippen molar-refractivity contribution in [3.63, 3.8) is 0 Å². The van der Waals surface area contributed by atoms with Crippen LogP contribution in [0.25, 0.3) is 11.0 Å². The standard InChI is InChI=1S/C14H16ClFN2S/c1-19-10-6-5-9(7-10)18-12-4-2-3-11(16)14(12)17-13(18)8-15/h2-4,9-10H,5-8H2,1H3. The van der Waals surface area contributed by atoms with Crippen LogP contribution in [0.1, 0.15) is 31.1 Å². The highest BCUT2D eigenvalue weighted by Gasteiger charge is 2.28. The molecule has 1 aromatic heterocycles. The van der Waals surface area contributed by atoms with Crippen molar-refractivity contribution in [2.45, 2.75) is 36.4 Å². The van der Waals surface area contributed by atoms with Crippen LogP contribution in [0, 0.1) is 5.82 Å². The Bertz CT molecular complexity index is 598. The number of aromatic nitrogens is 2. The fourth-order valence-electron chi connectivity index (χ4n) is 3.00. The van der Waals surface area contributed by atoms with Crippen LogP contribution in [0.15, 0.2) is 18.2 Å². The Kier molecular flexibility index (Phi) is 3.72. The van der Waals surface area contributed by atoms with Crippen LogP contribution >= 0.6 is 23.4 Å². The maximum atomic E-state index is 13.8. The van der Waals surface area contributed by atoms with Gasteiger partial charge in [0.2, 0.25) is 0 Å². The van der Waals surface area contributed by atoms with Crippen LogP contribution in [0.2, 0.25) is 0 Å². The second kappa shape index (κ2) is 5.33. The van der Waals surface area contributed by atoms with Crippen LogP contribution in [-0.2, 0) is 5.88 Å². The van der Waals surface area contributed by atoms with Crippen LogP contribution in [0.4, 0.5) is 4.39 Å². The first-order valence-corrected chi connectivity index (χ1v) is 8.31. The van der Waals surface area contributed by atoms with Crippen molar-refractivity contribution >= 4 is 34.4 Å². The number of hydrogen-bond donors (Lipinski definition) is 0. The zero-order valence-electron chi connectivity index (χ0n) is 10.8. The van der Waals surface area contributed by atoms with E-state index in [0.717, 1.165) is 24.2 Å². The first-order chi connectivity index (χ1) is 9.24. The molecule has 1 aliphatic rings. The fourth-order valence-corrected chi connectivity index (χ4v) is 3.97. The summed E-state index contributed by atoms with van der Waals surface area (Å²) in [6.07, 6.45) is 5.61. The van der Waals surface area contributed by atoms with Crippen molar-refractivity contribution in [1.82, 2.24) is 9.55 Å². The van der Waals surface area contributed by atoms with Crippen LogP contribution in [0.3, 0.4) is 0 Å². The summed E-state index contributed by atoms with van der Waals surface area (Å²) in [5, 5.41) is 0.694. The summed E-state index contributed by atoms with van der Waals surface area (Å²) in [5.41, 5.74) is 1.33. The molecule has 1 aromatic carbocycles. The van der Waals surface area contributed by atoms with E-state index in [1.165, 1.54) is 12.5 Å². The molecule has 102 valence electrons. The van der Waals surface area contributed by atoms with Crippen molar-refractivity contribution in [2.24, 2.45) is 0 Å². The van der Waals surface area contributed by atoms with Gasteiger partial charge in [0.15, 0.2) is 5.82 Å². The molecule has 19 heavy (non-hydrogen) atoms. The molecule has 2 atom stereocenters. The average Bonchev–Trinajstić information content (AvgIpc) is 3.02. The molecule has 0 spiro atoms. The minimum absolute atomic E-state index is 0.262. The number of imidazole rings is 1.